The number of carbonyl (C=O) groups is 1. The molecule has 0 aromatic heterocycles. The number of ether oxygens (including phenoxy) is 2. The van der Waals surface area contributed by atoms with Crippen molar-refractivity contribution in [1.82, 2.24) is 0 Å². The van der Waals surface area contributed by atoms with Crippen LogP contribution in [0.3, 0.4) is 0 Å². The standard InChI is InChI=1S/C20H28O5/c1-13-9-17-18(25-17)20(12-24-20)8-6-15(16(13)11-22)14(10-21)5-4-7-19(2,3)23/h4-5,7,10,15-18,22-23H,1,6,8-9,11-12H2,2-3H3. The highest BCUT2D eigenvalue weighted by Gasteiger charge is 2.63. The maximum Gasteiger partial charge on any atom is 0.146 e. The molecule has 3 rings (SSSR count). The molecule has 2 saturated heterocycles. The van der Waals surface area contributed by atoms with Crippen LogP contribution in [0.15, 0.2) is 36.0 Å². The Morgan fingerprint density at radius 3 is 2.76 bits per heavy atom. The average Bonchev–Trinajstić information content (AvgIpc) is 3.42. The second kappa shape index (κ2) is 6.80. The molecule has 25 heavy (non-hydrogen) atoms. The number of aliphatic hydroxyl groups excluding tert-OH is 1. The van der Waals surface area contributed by atoms with Crippen molar-refractivity contribution in [3.8, 4) is 0 Å². The first-order valence-corrected chi connectivity index (χ1v) is 8.94. The number of rotatable bonds is 5. The van der Waals surface area contributed by atoms with Gasteiger partial charge in [-0.1, -0.05) is 30.4 Å². The van der Waals surface area contributed by atoms with Gasteiger partial charge in [0.15, 0.2) is 0 Å². The van der Waals surface area contributed by atoms with Gasteiger partial charge in [0.25, 0.3) is 0 Å². The van der Waals surface area contributed by atoms with Crippen LogP contribution in [0.1, 0.15) is 33.1 Å². The molecule has 5 unspecified atom stereocenters. The molecule has 138 valence electrons. The zero-order chi connectivity index (χ0) is 18.2. The summed E-state index contributed by atoms with van der Waals surface area (Å²) in [7, 11) is 0. The fraction of sp³-hybridized carbons (Fsp3) is 0.650. The van der Waals surface area contributed by atoms with Crippen LogP contribution in [0.5, 0.6) is 0 Å². The normalized spacial score (nSPS) is 38.9. The minimum Gasteiger partial charge on any atom is -0.396 e. The van der Waals surface area contributed by atoms with Crippen LogP contribution in [0.4, 0.5) is 0 Å². The molecule has 2 N–H and O–H groups in total. The number of fused-ring (bicyclic) bond motifs is 2. The number of hydrogen-bond donors (Lipinski definition) is 2. The Morgan fingerprint density at radius 2 is 2.20 bits per heavy atom. The van der Waals surface area contributed by atoms with Crippen molar-refractivity contribution >= 4 is 6.29 Å². The van der Waals surface area contributed by atoms with E-state index in [-0.39, 0.29) is 36.3 Å². The maximum absolute atomic E-state index is 11.7. The Balaban J connectivity index is 1.84. The molecule has 2 aliphatic heterocycles. The highest BCUT2D eigenvalue weighted by Crippen LogP contribution is 2.51. The molecule has 0 radical (unpaired) electrons. The summed E-state index contributed by atoms with van der Waals surface area (Å²) in [5.41, 5.74) is 0.405. The third kappa shape index (κ3) is 4.11. The Morgan fingerprint density at radius 1 is 1.48 bits per heavy atom. The highest BCUT2D eigenvalue weighted by atomic mass is 16.7. The molecule has 2 heterocycles. The molecule has 3 aliphatic rings. The van der Waals surface area contributed by atoms with Crippen LogP contribution in [-0.4, -0.2) is 53.1 Å². The lowest BCUT2D eigenvalue weighted by atomic mass is 9.78. The van der Waals surface area contributed by atoms with Gasteiger partial charge in [0.2, 0.25) is 0 Å². The molecule has 0 aromatic carbocycles. The monoisotopic (exact) mass is 348 g/mol. The number of carbonyl (C=O) groups excluding carboxylic acids is 1. The van der Waals surface area contributed by atoms with Gasteiger partial charge in [-0.25, -0.2) is 0 Å². The molecule has 0 amide bonds. The van der Waals surface area contributed by atoms with E-state index in [9.17, 15) is 15.0 Å². The third-order valence-corrected chi connectivity index (χ3v) is 5.52. The molecule has 1 spiro atoms. The molecular formula is C20H28O5. The van der Waals surface area contributed by atoms with Crippen molar-refractivity contribution in [1.29, 1.82) is 0 Å². The number of epoxide rings is 2. The zero-order valence-corrected chi connectivity index (χ0v) is 15.0. The maximum atomic E-state index is 11.7. The first-order chi connectivity index (χ1) is 11.8. The van der Waals surface area contributed by atoms with Gasteiger partial charge < -0.3 is 19.7 Å². The predicted molar refractivity (Wildman–Crippen MR) is 94.0 cm³/mol. The molecule has 5 heteroatoms. The van der Waals surface area contributed by atoms with Crippen molar-refractivity contribution in [2.75, 3.05) is 13.2 Å². The molecule has 5 nitrogen and oxygen atoms in total. The van der Waals surface area contributed by atoms with Crippen molar-refractivity contribution in [3.05, 3.63) is 36.0 Å². The van der Waals surface area contributed by atoms with Crippen LogP contribution in [-0.2, 0) is 14.3 Å². The van der Waals surface area contributed by atoms with E-state index < -0.39 is 5.60 Å². The number of hydrogen-bond acceptors (Lipinski definition) is 5. The summed E-state index contributed by atoms with van der Waals surface area (Å²) < 4.78 is 11.5. The van der Waals surface area contributed by atoms with E-state index in [1.165, 1.54) is 0 Å². The summed E-state index contributed by atoms with van der Waals surface area (Å²) in [5, 5.41) is 19.7. The van der Waals surface area contributed by atoms with Crippen molar-refractivity contribution < 1.29 is 24.5 Å². The fourth-order valence-corrected chi connectivity index (χ4v) is 3.90. The summed E-state index contributed by atoms with van der Waals surface area (Å²) in [4.78, 5) is 11.7. The van der Waals surface area contributed by atoms with E-state index in [2.05, 4.69) is 6.58 Å². The summed E-state index contributed by atoms with van der Waals surface area (Å²) in [6, 6.07) is 0. The van der Waals surface area contributed by atoms with E-state index >= 15 is 0 Å². The fourth-order valence-electron chi connectivity index (χ4n) is 3.90. The third-order valence-electron chi connectivity index (χ3n) is 5.52. The molecule has 0 bridgehead atoms. The summed E-state index contributed by atoms with van der Waals surface area (Å²) in [6.45, 7) is 8.17. The minimum atomic E-state index is -0.937. The van der Waals surface area contributed by atoms with E-state index in [0.717, 1.165) is 24.7 Å². The van der Waals surface area contributed by atoms with Crippen molar-refractivity contribution in [2.45, 2.75) is 56.5 Å². The Hall–Kier alpha value is -1.27. The van der Waals surface area contributed by atoms with Gasteiger partial charge >= 0.3 is 0 Å². The number of aldehydes is 1. The Kier molecular flexibility index (Phi) is 5.04. The quantitative estimate of drug-likeness (QED) is 0.261. The summed E-state index contributed by atoms with van der Waals surface area (Å²) >= 11 is 0. The predicted octanol–water partition coefficient (Wildman–Crippen LogP) is 1.94. The Labute approximate surface area is 149 Å². The Bertz CT molecular complexity index is 594. The largest absolute Gasteiger partial charge is 0.396 e. The van der Waals surface area contributed by atoms with Crippen molar-refractivity contribution in [2.24, 2.45) is 11.8 Å². The zero-order valence-electron chi connectivity index (χ0n) is 15.0. The SMILES string of the molecule is C=C1CC2OC2C2(CCC(C(C=O)=CC=CC(C)(C)O)C1CO)CO2. The average molecular weight is 348 g/mol. The van der Waals surface area contributed by atoms with Crippen LogP contribution >= 0.6 is 0 Å². The molecule has 1 saturated carbocycles. The molecule has 0 aromatic rings. The van der Waals surface area contributed by atoms with Gasteiger partial charge in [0.05, 0.1) is 24.9 Å². The van der Waals surface area contributed by atoms with Crippen LogP contribution < -0.4 is 0 Å². The molecule has 3 fully saturated rings. The number of allylic oxidation sites excluding steroid dienone is 3. The lowest BCUT2D eigenvalue weighted by Crippen LogP contribution is -2.25. The van der Waals surface area contributed by atoms with E-state index in [0.29, 0.717) is 18.6 Å². The second-order valence-corrected chi connectivity index (χ2v) is 8.04. The first-order valence-electron chi connectivity index (χ1n) is 8.94. The van der Waals surface area contributed by atoms with E-state index in [1.54, 1.807) is 32.1 Å². The van der Waals surface area contributed by atoms with Gasteiger partial charge in [0.1, 0.15) is 18.0 Å². The second-order valence-electron chi connectivity index (χ2n) is 8.04. The summed E-state index contributed by atoms with van der Waals surface area (Å²) in [6.07, 6.45) is 8.43. The van der Waals surface area contributed by atoms with Gasteiger partial charge in [-0.3, -0.25) is 4.79 Å². The van der Waals surface area contributed by atoms with Gasteiger partial charge in [-0.05, 0) is 44.6 Å². The first kappa shape index (κ1) is 18.5. The number of aliphatic hydroxyl groups is 2. The van der Waals surface area contributed by atoms with Crippen LogP contribution in [0.2, 0.25) is 0 Å². The van der Waals surface area contributed by atoms with E-state index in [4.69, 9.17) is 9.47 Å². The van der Waals surface area contributed by atoms with E-state index in [1.807, 2.05) is 0 Å². The van der Waals surface area contributed by atoms with Gasteiger partial charge in [-0.2, -0.15) is 0 Å². The van der Waals surface area contributed by atoms with Crippen LogP contribution in [0.25, 0.3) is 0 Å². The molecule has 1 aliphatic carbocycles. The smallest absolute Gasteiger partial charge is 0.146 e. The highest BCUT2D eigenvalue weighted by molar-refractivity contribution is 5.75. The van der Waals surface area contributed by atoms with Gasteiger partial charge in [0, 0.05) is 5.92 Å². The molecule has 5 atom stereocenters. The summed E-state index contributed by atoms with van der Waals surface area (Å²) in [5.74, 6) is -0.286. The lowest BCUT2D eigenvalue weighted by Gasteiger charge is -2.27. The van der Waals surface area contributed by atoms with Crippen molar-refractivity contribution in [3.63, 3.8) is 0 Å². The molecular weight excluding hydrogens is 320 g/mol. The topological polar surface area (TPSA) is 82.6 Å². The van der Waals surface area contributed by atoms with Gasteiger partial charge in [-0.15, -0.1) is 0 Å². The lowest BCUT2D eigenvalue weighted by molar-refractivity contribution is -0.105. The van der Waals surface area contributed by atoms with Crippen LogP contribution in [0, 0.1) is 11.8 Å². The minimum absolute atomic E-state index is 0.0465.